The highest BCUT2D eigenvalue weighted by Gasteiger charge is 2.30. The van der Waals surface area contributed by atoms with E-state index >= 15 is 0 Å². The number of aromatic nitrogens is 2. The summed E-state index contributed by atoms with van der Waals surface area (Å²) in [7, 11) is 0. The predicted octanol–water partition coefficient (Wildman–Crippen LogP) is 2.32. The van der Waals surface area contributed by atoms with Crippen molar-refractivity contribution in [2.45, 2.75) is 33.2 Å². The van der Waals surface area contributed by atoms with Crippen LogP contribution in [0.5, 0.6) is 0 Å². The average molecular weight is 273 g/mol. The van der Waals surface area contributed by atoms with E-state index in [1.54, 1.807) is 0 Å². The van der Waals surface area contributed by atoms with Gasteiger partial charge in [-0.25, -0.2) is 9.78 Å². The molecule has 1 aliphatic rings. The largest absolute Gasteiger partial charge is 0.476 e. The van der Waals surface area contributed by atoms with Crippen molar-refractivity contribution in [2.75, 3.05) is 0 Å². The van der Waals surface area contributed by atoms with Crippen molar-refractivity contribution in [2.24, 2.45) is 5.41 Å². The van der Waals surface area contributed by atoms with Crippen LogP contribution in [0.2, 0.25) is 0 Å². The van der Waals surface area contributed by atoms with Gasteiger partial charge in [0.25, 0.3) is 0 Å². The maximum Gasteiger partial charge on any atom is 0.357 e. The zero-order chi connectivity index (χ0) is 11.2. The lowest BCUT2D eigenvalue weighted by Gasteiger charge is -2.30. The number of hydrogen-bond acceptors (Lipinski definition) is 2. The average Bonchev–Trinajstić information content (AvgIpc) is 2.41. The van der Waals surface area contributed by atoms with Crippen LogP contribution in [0.1, 0.15) is 36.6 Å². The summed E-state index contributed by atoms with van der Waals surface area (Å²) in [6.07, 6.45) is 1.88. The quantitative estimate of drug-likeness (QED) is 0.854. The van der Waals surface area contributed by atoms with Gasteiger partial charge in [-0.05, 0) is 27.8 Å². The molecular weight excluding hydrogens is 260 g/mol. The van der Waals surface area contributed by atoms with Crippen LogP contribution < -0.4 is 0 Å². The highest BCUT2D eigenvalue weighted by atomic mass is 79.9. The first-order valence-corrected chi connectivity index (χ1v) is 5.68. The zero-order valence-electron chi connectivity index (χ0n) is 8.75. The molecule has 0 aliphatic carbocycles. The summed E-state index contributed by atoms with van der Waals surface area (Å²) in [6.45, 7) is 5.20. The smallest absolute Gasteiger partial charge is 0.357 e. The third-order valence-electron chi connectivity index (χ3n) is 2.84. The number of aromatic carboxylic acids is 1. The summed E-state index contributed by atoms with van der Waals surface area (Å²) in [5.74, 6) is -0.0999. The third-order valence-corrected chi connectivity index (χ3v) is 3.64. The Morgan fingerprint density at radius 2 is 2.27 bits per heavy atom. The summed E-state index contributed by atoms with van der Waals surface area (Å²) in [4.78, 5) is 15.1. The molecule has 5 heteroatoms. The van der Waals surface area contributed by atoms with Gasteiger partial charge in [0.05, 0.1) is 0 Å². The van der Waals surface area contributed by atoms with Gasteiger partial charge >= 0.3 is 5.97 Å². The first-order chi connectivity index (χ1) is 6.91. The zero-order valence-corrected chi connectivity index (χ0v) is 10.3. The van der Waals surface area contributed by atoms with Gasteiger partial charge in [0.1, 0.15) is 10.4 Å². The Balaban J connectivity index is 2.46. The van der Waals surface area contributed by atoms with E-state index in [4.69, 9.17) is 5.11 Å². The minimum absolute atomic E-state index is 0.128. The second-order valence-electron chi connectivity index (χ2n) is 4.72. The number of imidazole rings is 1. The molecule has 0 saturated heterocycles. The van der Waals surface area contributed by atoms with Crippen LogP contribution in [0.3, 0.4) is 0 Å². The number of carbonyl (C=O) groups is 1. The second kappa shape index (κ2) is 3.33. The summed E-state index contributed by atoms with van der Waals surface area (Å²) >= 11 is 3.29. The fraction of sp³-hybridized carbons (Fsp3) is 0.600. The lowest BCUT2D eigenvalue weighted by Crippen LogP contribution is -2.26. The van der Waals surface area contributed by atoms with Gasteiger partial charge in [-0.1, -0.05) is 13.8 Å². The highest BCUT2D eigenvalue weighted by molar-refractivity contribution is 9.10. The van der Waals surface area contributed by atoms with Crippen molar-refractivity contribution in [3.8, 4) is 0 Å². The molecule has 0 amide bonds. The molecule has 0 radical (unpaired) electrons. The minimum Gasteiger partial charge on any atom is -0.476 e. The normalized spacial score (nSPS) is 18.6. The van der Waals surface area contributed by atoms with Crippen molar-refractivity contribution in [3.05, 3.63) is 16.1 Å². The number of carboxylic acid groups (broad SMARTS) is 1. The number of rotatable bonds is 1. The van der Waals surface area contributed by atoms with E-state index in [0.29, 0.717) is 4.60 Å². The van der Waals surface area contributed by atoms with E-state index in [-0.39, 0.29) is 11.1 Å². The Morgan fingerprint density at radius 1 is 1.60 bits per heavy atom. The van der Waals surface area contributed by atoms with Gasteiger partial charge < -0.3 is 9.67 Å². The number of carboxylic acids is 1. The molecule has 0 spiro atoms. The maximum absolute atomic E-state index is 10.9. The molecule has 0 bridgehead atoms. The van der Waals surface area contributed by atoms with Crippen LogP contribution in [0, 0.1) is 5.41 Å². The molecule has 1 aromatic heterocycles. The van der Waals surface area contributed by atoms with E-state index in [0.717, 1.165) is 25.2 Å². The molecule has 15 heavy (non-hydrogen) atoms. The van der Waals surface area contributed by atoms with Crippen molar-refractivity contribution >= 4 is 21.9 Å². The molecular formula is C10H13BrN2O2. The van der Waals surface area contributed by atoms with Gasteiger partial charge in [-0.3, -0.25) is 0 Å². The van der Waals surface area contributed by atoms with Gasteiger partial charge in [0, 0.05) is 13.0 Å². The fourth-order valence-corrected chi connectivity index (χ4v) is 2.55. The monoisotopic (exact) mass is 272 g/mol. The molecule has 4 nitrogen and oxygen atoms in total. The molecule has 0 fully saturated rings. The number of nitrogens with zero attached hydrogens (tertiary/aromatic N) is 2. The van der Waals surface area contributed by atoms with E-state index in [1.165, 1.54) is 0 Å². The third kappa shape index (κ3) is 1.80. The molecule has 2 heterocycles. The maximum atomic E-state index is 10.9. The molecule has 1 aromatic rings. The Morgan fingerprint density at radius 3 is 2.87 bits per heavy atom. The Hall–Kier alpha value is -0.840. The van der Waals surface area contributed by atoms with E-state index < -0.39 is 5.97 Å². The van der Waals surface area contributed by atoms with Crippen LogP contribution >= 0.6 is 15.9 Å². The Kier molecular flexibility index (Phi) is 2.37. The van der Waals surface area contributed by atoms with Crippen molar-refractivity contribution in [1.29, 1.82) is 0 Å². The fourth-order valence-electron chi connectivity index (χ4n) is 1.91. The molecule has 0 unspecified atom stereocenters. The van der Waals surface area contributed by atoms with Crippen molar-refractivity contribution in [3.63, 3.8) is 0 Å². The highest BCUT2D eigenvalue weighted by Crippen LogP contribution is 2.34. The molecule has 2 rings (SSSR count). The van der Waals surface area contributed by atoms with Crippen LogP contribution in [0.4, 0.5) is 0 Å². The topological polar surface area (TPSA) is 55.1 Å². The summed E-state index contributed by atoms with van der Waals surface area (Å²) in [6, 6.07) is 0. The van der Waals surface area contributed by atoms with Gasteiger partial charge in [-0.15, -0.1) is 0 Å². The van der Waals surface area contributed by atoms with Crippen LogP contribution in [-0.2, 0) is 13.0 Å². The van der Waals surface area contributed by atoms with Gasteiger partial charge in [0.2, 0.25) is 0 Å². The van der Waals surface area contributed by atoms with E-state index in [1.807, 2.05) is 4.57 Å². The van der Waals surface area contributed by atoms with Gasteiger partial charge in [0.15, 0.2) is 5.69 Å². The molecule has 0 aromatic carbocycles. The molecule has 1 N–H and O–H groups in total. The summed E-state index contributed by atoms with van der Waals surface area (Å²) in [5, 5.41) is 8.94. The number of halogens is 1. The van der Waals surface area contributed by atoms with Crippen molar-refractivity contribution < 1.29 is 9.90 Å². The number of hydrogen-bond donors (Lipinski definition) is 1. The van der Waals surface area contributed by atoms with Crippen LogP contribution in [0.25, 0.3) is 0 Å². The van der Waals surface area contributed by atoms with Crippen molar-refractivity contribution in [1.82, 2.24) is 9.55 Å². The first-order valence-electron chi connectivity index (χ1n) is 4.89. The first kappa shape index (κ1) is 10.7. The lowest BCUT2D eigenvalue weighted by atomic mass is 9.83. The molecule has 1 aliphatic heterocycles. The second-order valence-corrected chi connectivity index (χ2v) is 5.47. The molecule has 0 saturated carbocycles. The summed E-state index contributed by atoms with van der Waals surface area (Å²) in [5.41, 5.74) is 0.346. The number of fused-ring (bicyclic) bond motifs is 1. The Bertz CT molecular complexity index is 423. The van der Waals surface area contributed by atoms with E-state index in [9.17, 15) is 4.79 Å². The standard InChI is InChI=1S/C10H13BrN2O2/c1-10(2)3-4-13-6(5-10)12-7(8(13)11)9(14)15/h3-5H2,1-2H3,(H,14,15). The molecule has 82 valence electrons. The minimum atomic E-state index is -0.971. The summed E-state index contributed by atoms with van der Waals surface area (Å²) < 4.78 is 2.55. The van der Waals surface area contributed by atoms with E-state index in [2.05, 4.69) is 34.8 Å². The van der Waals surface area contributed by atoms with Crippen LogP contribution in [0.15, 0.2) is 4.60 Å². The van der Waals surface area contributed by atoms with Gasteiger partial charge in [-0.2, -0.15) is 0 Å². The SMILES string of the molecule is CC1(C)CCn2c(nc(C(=O)O)c2Br)C1. The lowest BCUT2D eigenvalue weighted by molar-refractivity contribution is 0.0689. The Labute approximate surface area is 96.4 Å². The molecule has 0 atom stereocenters. The predicted molar refractivity (Wildman–Crippen MR) is 59.0 cm³/mol. The van der Waals surface area contributed by atoms with Crippen LogP contribution in [-0.4, -0.2) is 20.6 Å².